The van der Waals surface area contributed by atoms with Crippen LogP contribution >= 0.6 is 0 Å². The van der Waals surface area contributed by atoms with Crippen LogP contribution < -0.4 is 0 Å². The average molecular weight is 204 g/mol. The van der Waals surface area contributed by atoms with Crippen molar-refractivity contribution < 1.29 is 13.3 Å². The number of hydrogen-bond donors (Lipinski definition) is 0. The average Bonchev–Trinajstić information content (AvgIpc) is 2.20. The fourth-order valence-electron chi connectivity index (χ4n) is 1.10. The summed E-state index contributed by atoms with van der Waals surface area (Å²) in [5.74, 6) is 0. The maximum atomic E-state index is 5.24. The molecule has 0 unspecified atom stereocenters. The van der Waals surface area contributed by atoms with Crippen molar-refractivity contribution in [2.24, 2.45) is 0 Å². The predicted octanol–water partition coefficient (Wildman–Crippen LogP) is 2.00. The van der Waals surface area contributed by atoms with Crippen LogP contribution in [0.2, 0.25) is 0 Å². The highest BCUT2D eigenvalue weighted by molar-refractivity contribution is 6.64. The predicted molar refractivity (Wildman–Crippen MR) is 54.9 cm³/mol. The van der Waals surface area contributed by atoms with Gasteiger partial charge in [-0.15, -0.1) is 0 Å². The first kappa shape index (κ1) is 13.1. The summed E-state index contributed by atoms with van der Waals surface area (Å²) < 4.78 is 15.7. The van der Waals surface area contributed by atoms with E-state index in [4.69, 9.17) is 13.3 Å². The van der Waals surface area contributed by atoms with Crippen molar-refractivity contribution in [3.05, 3.63) is 13.0 Å². The van der Waals surface area contributed by atoms with Crippen molar-refractivity contribution in [3.63, 3.8) is 0 Å². The second-order valence-electron chi connectivity index (χ2n) is 2.77. The molecule has 78 valence electrons. The molecule has 0 bridgehead atoms. The molecule has 0 aromatic heterocycles. The first-order valence-corrected chi connectivity index (χ1v) is 6.34. The second-order valence-corrected chi connectivity index (χ2v) is 5.61. The van der Waals surface area contributed by atoms with Gasteiger partial charge in [-0.2, -0.15) is 0 Å². The van der Waals surface area contributed by atoms with E-state index in [2.05, 4.69) is 6.92 Å². The smallest absolute Gasteiger partial charge is 0.377 e. The molecule has 0 amide bonds. The third kappa shape index (κ3) is 4.76. The molecule has 0 spiro atoms. The van der Waals surface area contributed by atoms with Gasteiger partial charge in [0.2, 0.25) is 0 Å². The van der Waals surface area contributed by atoms with Crippen molar-refractivity contribution in [3.8, 4) is 0 Å². The molecule has 0 aromatic rings. The van der Waals surface area contributed by atoms with Crippen LogP contribution in [-0.2, 0) is 13.3 Å². The highest BCUT2D eigenvalue weighted by atomic mass is 28.4. The lowest BCUT2D eigenvalue weighted by molar-refractivity contribution is 0.132. The van der Waals surface area contributed by atoms with E-state index < -0.39 is 8.80 Å². The van der Waals surface area contributed by atoms with Crippen LogP contribution in [0.1, 0.15) is 25.7 Å². The Morgan fingerprint density at radius 2 is 1.62 bits per heavy atom. The zero-order chi connectivity index (χ0) is 10.2. The molecule has 0 saturated carbocycles. The molecule has 0 aromatic carbocycles. The summed E-state index contributed by atoms with van der Waals surface area (Å²) in [5, 5.41) is 0. The molecular weight excluding hydrogens is 184 g/mol. The molecule has 4 heteroatoms. The monoisotopic (exact) mass is 204 g/mol. The fraction of sp³-hybridized carbons (Fsp3) is 0.778. The van der Waals surface area contributed by atoms with Gasteiger partial charge >= 0.3 is 8.80 Å². The van der Waals surface area contributed by atoms with Gasteiger partial charge in [-0.1, -0.05) is 26.2 Å². The second kappa shape index (κ2) is 7.50. The van der Waals surface area contributed by atoms with Crippen molar-refractivity contribution >= 4 is 8.80 Å². The summed E-state index contributed by atoms with van der Waals surface area (Å²) >= 11 is 0. The Kier molecular flexibility index (Phi) is 7.55. The van der Waals surface area contributed by atoms with Gasteiger partial charge in [0, 0.05) is 27.4 Å². The van der Waals surface area contributed by atoms with Crippen LogP contribution in [0.4, 0.5) is 0 Å². The lowest BCUT2D eigenvalue weighted by Crippen LogP contribution is -2.43. The van der Waals surface area contributed by atoms with Crippen LogP contribution in [-0.4, -0.2) is 30.1 Å². The van der Waals surface area contributed by atoms with E-state index in [1.165, 1.54) is 0 Å². The van der Waals surface area contributed by atoms with Gasteiger partial charge in [-0.25, -0.2) is 0 Å². The van der Waals surface area contributed by atoms with Crippen molar-refractivity contribution in [1.82, 2.24) is 0 Å². The zero-order valence-electron chi connectivity index (χ0n) is 8.84. The molecule has 0 saturated heterocycles. The third-order valence-electron chi connectivity index (χ3n) is 1.95. The fourth-order valence-corrected chi connectivity index (χ4v) is 2.66. The summed E-state index contributed by atoms with van der Waals surface area (Å²) in [7, 11) is 2.45. The molecule has 13 heavy (non-hydrogen) atoms. The lowest BCUT2D eigenvalue weighted by atomic mass is 10.2. The van der Waals surface area contributed by atoms with Gasteiger partial charge in [-0.05, 0) is 6.42 Å². The Balaban J connectivity index is 3.68. The zero-order valence-corrected chi connectivity index (χ0v) is 9.84. The van der Waals surface area contributed by atoms with Crippen molar-refractivity contribution in [1.29, 1.82) is 0 Å². The minimum atomic E-state index is -2.41. The highest BCUT2D eigenvalue weighted by Gasteiger charge is 2.37. The summed E-state index contributed by atoms with van der Waals surface area (Å²) in [5.41, 5.74) is 0. The first-order valence-electron chi connectivity index (χ1n) is 4.53. The molecule has 0 aliphatic rings. The Morgan fingerprint density at radius 3 is 2.00 bits per heavy atom. The minimum absolute atomic E-state index is 0.970. The summed E-state index contributed by atoms with van der Waals surface area (Å²) in [4.78, 5) is 0. The molecule has 2 radical (unpaired) electrons. The van der Waals surface area contributed by atoms with Crippen LogP contribution in [0.5, 0.6) is 0 Å². The van der Waals surface area contributed by atoms with Crippen LogP contribution in [0.25, 0.3) is 0 Å². The molecular formula is C9H20O3Si. The molecule has 3 nitrogen and oxygen atoms in total. The summed E-state index contributed by atoms with van der Waals surface area (Å²) in [6.07, 6.45) is 4.21. The minimum Gasteiger partial charge on any atom is -0.377 e. The van der Waals surface area contributed by atoms with E-state index in [0.717, 1.165) is 25.7 Å². The molecule has 0 aliphatic heterocycles. The van der Waals surface area contributed by atoms with E-state index in [0.29, 0.717) is 0 Å². The van der Waals surface area contributed by atoms with Crippen molar-refractivity contribution in [2.45, 2.75) is 25.7 Å². The normalized spacial score (nSPS) is 12.0. The maximum Gasteiger partial charge on any atom is 0.503 e. The Labute approximate surface area is 82.8 Å². The SMILES string of the molecule is [CH2]CCCC[CH][Si](OC)(OC)OC. The Hall–Kier alpha value is 0.0969. The molecule has 0 atom stereocenters. The molecule has 0 aliphatic carbocycles. The molecule has 0 fully saturated rings. The summed E-state index contributed by atoms with van der Waals surface area (Å²) in [6, 6.07) is 2.03. The van der Waals surface area contributed by atoms with Gasteiger partial charge in [-0.3, -0.25) is 0 Å². The Bertz CT molecular complexity index is 107. The largest absolute Gasteiger partial charge is 0.503 e. The van der Waals surface area contributed by atoms with E-state index in [-0.39, 0.29) is 0 Å². The van der Waals surface area contributed by atoms with Crippen molar-refractivity contribution in [2.75, 3.05) is 21.3 Å². The van der Waals surface area contributed by atoms with Gasteiger partial charge in [0.15, 0.2) is 0 Å². The summed E-state index contributed by atoms with van der Waals surface area (Å²) in [6.45, 7) is 3.78. The third-order valence-corrected chi connectivity index (χ3v) is 4.45. The molecule has 0 rings (SSSR count). The van der Waals surface area contributed by atoms with E-state index in [1.54, 1.807) is 21.3 Å². The first-order chi connectivity index (χ1) is 6.24. The number of hydrogen-bond acceptors (Lipinski definition) is 3. The van der Waals surface area contributed by atoms with Crippen LogP contribution in [0.15, 0.2) is 0 Å². The van der Waals surface area contributed by atoms with Gasteiger partial charge in [0.25, 0.3) is 0 Å². The van der Waals surface area contributed by atoms with E-state index >= 15 is 0 Å². The quantitative estimate of drug-likeness (QED) is 0.447. The lowest BCUT2D eigenvalue weighted by Gasteiger charge is -2.23. The molecule has 0 heterocycles. The van der Waals surface area contributed by atoms with E-state index in [1.807, 2.05) is 6.04 Å². The standard InChI is InChI=1S/C9H20O3Si/c1-5-6-7-8-9-13(10-2,11-3)12-4/h9H,1,5-8H2,2-4H3. The topological polar surface area (TPSA) is 27.7 Å². The van der Waals surface area contributed by atoms with E-state index in [9.17, 15) is 0 Å². The van der Waals surface area contributed by atoms with Gasteiger partial charge in [0.1, 0.15) is 0 Å². The van der Waals surface area contributed by atoms with Gasteiger partial charge < -0.3 is 13.3 Å². The number of rotatable bonds is 8. The molecule has 0 N–H and O–H groups in total. The van der Waals surface area contributed by atoms with Crippen LogP contribution in [0.3, 0.4) is 0 Å². The van der Waals surface area contributed by atoms with Crippen LogP contribution in [0, 0.1) is 13.0 Å². The maximum absolute atomic E-state index is 5.24. The van der Waals surface area contributed by atoms with Gasteiger partial charge in [0.05, 0.1) is 0 Å². The Morgan fingerprint density at radius 1 is 1.08 bits per heavy atom. The number of unbranched alkanes of at least 4 members (excludes halogenated alkanes) is 3. The highest BCUT2D eigenvalue weighted by Crippen LogP contribution is 2.14.